The fourth-order valence-electron chi connectivity index (χ4n) is 2.95. The van der Waals surface area contributed by atoms with Crippen LogP contribution in [0.1, 0.15) is 26.2 Å². The van der Waals surface area contributed by atoms with Gasteiger partial charge in [-0.05, 0) is 18.6 Å². The van der Waals surface area contributed by atoms with Crippen LogP contribution in [0, 0.1) is 0 Å². The molecule has 0 aromatic carbocycles. The number of piperidine rings is 1. The topological polar surface area (TPSA) is 47.6 Å². The van der Waals surface area contributed by atoms with Crippen molar-refractivity contribution in [1.29, 1.82) is 0 Å². The molecule has 2 N–H and O–H groups in total. The van der Waals surface area contributed by atoms with Gasteiger partial charge in [-0.2, -0.15) is 0 Å². The molecule has 20 heavy (non-hydrogen) atoms. The molecular formula is C14H24N4OS. The summed E-state index contributed by atoms with van der Waals surface area (Å²) < 4.78 is 0. The SMILES string of the molecule is C=CCN1C(=O)CNC12CCN(C(=S)NCCC)CC2. The number of carbonyl (C=O) groups is 1. The molecule has 0 aromatic heterocycles. The highest BCUT2D eigenvalue weighted by Crippen LogP contribution is 2.30. The molecule has 0 atom stereocenters. The lowest BCUT2D eigenvalue weighted by molar-refractivity contribution is -0.130. The maximum absolute atomic E-state index is 12.0. The van der Waals surface area contributed by atoms with Crippen LogP contribution in [0.2, 0.25) is 0 Å². The molecule has 2 saturated heterocycles. The van der Waals surface area contributed by atoms with E-state index in [2.05, 4.69) is 29.0 Å². The summed E-state index contributed by atoms with van der Waals surface area (Å²) >= 11 is 5.40. The van der Waals surface area contributed by atoms with Crippen LogP contribution in [0.3, 0.4) is 0 Å². The van der Waals surface area contributed by atoms with Gasteiger partial charge in [0.05, 0.1) is 12.2 Å². The summed E-state index contributed by atoms with van der Waals surface area (Å²) in [6, 6.07) is 0. The largest absolute Gasteiger partial charge is 0.363 e. The van der Waals surface area contributed by atoms with Crippen LogP contribution in [0.15, 0.2) is 12.7 Å². The standard InChI is InChI=1S/C14H24N4OS/c1-3-7-15-13(20)17-9-5-14(6-10-17)16-11-12(19)18(14)8-4-2/h4,16H,2-3,5-11H2,1H3,(H,15,20). The van der Waals surface area contributed by atoms with Gasteiger partial charge in [-0.25, -0.2) is 0 Å². The highest BCUT2D eigenvalue weighted by molar-refractivity contribution is 7.80. The number of carbonyl (C=O) groups excluding carboxylic acids is 1. The number of hydrogen-bond acceptors (Lipinski definition) is 3. The summed E-state index contributed by atoms with van der Waals surface area (Å²) in [7, 11) is 0. The van der Waals surface area contributed by atoms with Gasteiger partial charge in [0.25, 0.3) is 0 Å². The van der Waals surface area contributed by atoms with Crippen molar-refractivity contribution in [2.45, 2.75) is 31.8 Å². The maximum Gasteiger partial charge on any atom is 0.238 e. The minimum Gasteiger partial charge on any atom is -0.363 e. The molecule has 0 bridgehead atoms. The molecule has 0 unspecified atom stereocenters. The summed E-state index contributed by atoms with van der Waals surface area (Å²) in [6.07, 6.45) is 4.68. The molecule has 0 aromatic rings. The molecule has 6 heteroatoms. The molecule has 0 aliphatic carbocycles. The molecule has 2 fully saturated rings. The highest BCUT2D eigenvalue weighted by Gasteiger charge is 2.46. The number of nitrogens with one attached hydrogen (secondary N) is 2. The molecule has 1 spiro atoms. The number of rotatable bonds is 4. The molecular weight excluding hydrogens is 272 g/mol. The van der Waals surface area contributed by atoms with Crippen LogP contribution >= 0.6 is 12.2 Å². The van der Waals surface area contributed by atoms with Crippen molar-refractivity contribution in [3.8, 4) is 0 Å². The van der Waals surface area contributed by atoms with Crippen molar-refractivity contribution < 1.29 is 4.79 Å². The minimum atomic E-state index is -0.192. The van der Waals surface area contributed by atoms with Crippen LogP contribution in [0.4, 0.5) is 0 Å². The molecule has 1 amide bonds. The van der Waals surface area contributed by atoms with Crippen molar-refractivity contribution in [2.75, 3.05) is 32.7 Å². The van der Waals surface area contributed by atoms with Crippen LogP contribution in [0.5, 0.6) is 0 Å². The number of thiocarbonyl (C=S) groups is 1. The molecule has 2 aliphatic rings. The lowest BCUT2D eigenvalue weighted by Crippen LogP contribution is -2.60. The van der Waals surface area contributed by atoms with Crippen molar-refractivity contribution in [1.82, 2.24) is 20.4 Å². The Bertz CT molecular complexity index is 391. The van der Waals surface area contributed by atoms with Gasteiger partial charge < -0.3 is 15.1 Å². The molecule has 2 heterocycles. The molecule has 0 saturated carbocycles. The first-order valence-electron chi connectivity index (χ1n) is 7.32. The summed E-state index contributed by atoms with van der Waals surface area (Å²) in [4.78, 5) is 16.1. The van der Waals surface area contributed by atoms with Gasteiger partial charge in [-0.1, -0.05) is 13.0 Å². The van der Waals surface area contributed by atoms with Gasteiger partial charge >= 0.3 is 0 Å². The van der Waals surface area contributed by atoms with Gasteiger partial charge in [-0.3, -0.25) is 10.1 Å². The van der Waals surface area contributed by atoms with Crippen LogP contribution in [-0.4, -0.2) is 59.2 Å². The zero-order valence-corrected chi connectivity index (χ0v) is 13.0. The first-order chi connectivity index (χ1) is 9.63. The summed E-state index contributed by atoms with van der Waals surface area (Å²) in [6.45, 7) is 9.60. The number of hydrogen-bond donors (Lipinski definition) is 2. The Labute approximate surface area is 126 Å². The lowest BCUT2D eigenvalue weighted by Gasteiger charge is -2.45. The van der Waals surface area contributed by atoms with E-state index >= 15 is 0 Å². The third-order valence-corrected chi connectivity index (χ3v) is 4.50. The van der Waals surface area contributed by atoms with E-state index in [1.807, 2.05) is 4.90 Å². The summed E-state index contributed by atoms with van der Waals surface area (Å²) in [5.74, 6) is 0.171. The smallest absolute Gasteiger partial charge is 0.238 e. The Morgan fingerprint density at radius 2 is 2.25 bits per heavy atom. The quantitative estimate of drug-likeness (QED) is 0.590. The number of amides is 1. The molecule has 112 valence electrons. The van der Waals surface area contributed by atoms with Gasteiger partial charge in [-0.15, -0.1) is 6.58 Å². The maximum atomic E-state index is 12.0. The normalized spacial score (nSPS) is 21.4. The Kier molecular flexibility index (Phi) is 4.99. The van der Waals surface area contributed by atoms with Gasteiger partial charge in [0.15, 0.2) is 5.11 Å². The van der Waals surface area contributed by atoms with E-state index in [-0.39, 0.29) is 11.6 Å². The van der Waals surface area contributed by atoms with E-state index in [0.717, 1.165) is 44.0 Å². The van der Waals surface area contributed by atoms with E-state index in [4.69, 9.17) is 12.2 Å². The van der Waals surface area contributed by atoms with Crippen molar-refractivity contribution in [3.05, 3.63) is 12.7 Å². The molecule has 2 rings (SSSR count). The second-order valence-corrected chi connectivity index (χ2v) is 5.78. The summed E-state index contributed by atoms with van der Waals surface area (Å²) in [5, 5.41) is 7.50. The van der Waals surface area contributed by atoms with Gasteiger partial charge in [0.2, 0.25) is 5.91 Å². The monoisotopic (exact) mass is 296 g/mol. The second-order valence-electron chi connectivity index (χ2n) is 5.40. The lowest BCUT2D eigenvalue weighted by atomic mass is 9.96. The first kappa shape index (κ1) is 15.3. The Morgan fingerprint density at radius 1 is 1.55 bits per heavy atom. The predicted octanol–water partition coefficient (Wildman–Crippen LogP) is 0.681. The van der Waals surface area contributed by atoms with Gasteiger partial charge in [0, 0.05) is 39.0 Å². The van der Waals surface area contributed by atoms with E-state index in [1.54, 1.807) is 6.08 Å². The van der Waals surface area contributed by atoms with Gasteiger partial charge in [0.1, 0.15) is 0 Å². The fraction of sp³-hybridized carbons (Fsp3) is 0.714. The zero-order valence-electron chi connectivity index (χ0n) is 12.2. The van der Waals surface area contributed by atoms with E-state index in [9.17, 15) is 4.79 Å². The highest BCUT2D eigenvalue weighted by atomic mass is 32.1. The van der Waals surface area contributed by atoms with E-state index < -0.39 is 0 Å². The average Bonchev–Trinajstić information content (AvgIpc) is 2.75. The third-order valence-electron chi connectivity index (χ3n) is 4.10. The summed E-state index contributed by atoms with van der Waals surface area (Å²) in [5.41, 5.74) is -0.192. The van der Waals surface area contributed by atoms with E-state index in [0.29, 0.717) is 13.1 Å². The van der Waals surface area contributed by atoms with Crippen LogP contribution in [-0.2, 0) is 4.79 Å². The zero-order chi connectivity index (χ0) is 14.6. The molecule has 2 aliphatic heterocycles. The third kappa shape index (κ3) is 2.96. The Morgan fingerprint density at radius 3 is 2.85 bits per heavy atom. The van der Waals surface area contributed by atoms with Crippen molar-refractivity contribution in [2.24, 2.45) is 0 Å². The Hall–Kier alpha value is -1.14. The second kappa shape index (κ2) is 6.54. The predicted molar refractivity (Wildman–Crippen MR) is 84.3 cm³/mol. The van der Waals surface area contributed by atoms with Crippen molar-refractivity contribution >= 4 is 23.2 Å². The average molecular weight is 296 g/mol. The number of nitrogens with zero attached hydrogens (tertiary/aromatic N) is 2. The molecule has 0 radical (unpaired) electrons. The van der Waals surface area contributed by atoms with Crippen LogP contribution in [0.25, 0.3) is 0 Å². The van der Waals surface area contributed by atoms with Crippen molar-refractivity contribution in [3.63, 3.8) is 0 Å². The first-order valence-corrected chi connectivity index (χ1v) is 7.73. The molecule has 5 nitrogen and oxygen atoms in total. The Balaban J connectivity index is 1.94. The number of likely N-dealkylation sites (tertiary alicyclic amines) is 1. The van der Waals surface area contributed by atoms with Crippen LogP contribution < -0.4 is 10.6 Å². The van der Waals surface area contributed by atoms with E-state index in [1.165, 1.54) is 0 Å². The minimum absolute atomic E-state index is 0.171. The fourth-order valence-corrected chi connectivity index (χ4v) is 3.23.